The zero-order valence-corrected chi connectivity index (χ0v) is 9.48. The van der Waals surface area contributed by atoms with Crippen molar-refractivity contribution in [2.24, 2.45) is 5.73 Å². The maximum Gasteiger partial charge on any atom is 0.248 e. The molecule has 0 bridgehead atoms. The van der Waals surface area contributed by atoms with Gasteiger partial charge >= 0.3 is 0 Å². The SMILES string of the molecule is C=CC(=O)N1CCc2c(cccc2C(N)=O)C1. The number of rotatable bonds is 2. The third kappa shape index (κ3) is 2.06. The van der Waals surface area contributed by atoms with Crippen molar-refractivity contribution in [1.29, 1.82) is 0 Å². The van der Waals surface area contributed by atoms with Gasteiger partial charge in [-0.15, -0.1) is 0 Å². The number of carbonyl (C=O) groups is 2. The van der Waals surface area contributed by atoms with E-state index in [2.05, 4.69) is 6.58 Å². The van der Waals surface area contributed by atoms with E-state index in [4.69, 9.17) is 5.73 Å². The van der Waals surface area contributed by atoms with Crippen molar-refractivity contribution < 1.29 is 9.59 Å². The Bertz CT molecular complexity index is 494. The Kier molecular flexibility index (Phi) is 2.95. The van der Waals surface area contributed by atoms with Gasteiger partial charge in [-0.1, -0.05) is 18.7 Å². The average Bonchev–Trinajstić information content (AvgIpc) is 2.36. The quantitative estimate of drug-likeness (QED) is 0.766. The van der Waals surface area contributed by atoms with Gasteiger partial charge in [0.15, 0.2) is 0 Å². The van der Waals surface area contributed by atoms with Gasteiger partial charge in [-0.3, -0.25) is 9.59 Å². The minimum absolute atomic E-state index is 0.0832. The Labute approximate surface area is 99.7 Å². The van der Waals surface area contributed by atoms with Crippen LogP contribution in [-0.2, 0) is 17.8 Å². The second kappa shape index (κ2) is 4.41. The van der Waals surface area contributed by atoms with Crippen molar-refractivity contribution in [1.82, 2.24) is 4.90 Å². The number of primary amides is 1. The van der Waals surface area contributed by atoms with Crippen LogP contribution < -0.4 is 5.73 Å². The zero-order valence-electron chi connectivity index (χ0n) is 9.48. The highest BCUT2D eigenvalue weighted by Crippen LogP contribution is 2.22. The first kappa shape index (κ1) is 11.4. The minimum Gasteiger partial charge on any atom is -0.366 e. The van der Waals surface area contributed by atoms with E-state index in [0.717, 1.165) is 11.1 Å². The van der Waals surface area contributed by atoms with Gasteiger partial charge in [-0.25, -0.2) is 0 Å². The number of hydrogen-bond donors (Lipinski definition) is 1. The van der Waals surface area contributed by atoms with Crippen molar-refractivity contribution in [2.45, 2.75) is 13.0 Å². The first-order chi connectivity index (χ1) is 8.13. The van der Waals surface area contributed by atoms with E-state index in [1.54, 1.807) is 17.0 Å². The first-order valence-electron chi connectivity index (χ1n) is 5.45. The van der Waals surface area contributed by atoms with Crippen LogP contribution >= 0.6 is 0 Å². The van der Waals surface area contributed by atoms with E-state index in [1.807, 2.05) is 6.07 Å². The molecule has 0 spiro atoms. The molecule has 0 unspecified atom stereocenters. The van der Waals surface area contributed by atoms with Crippen LogP contribution in [0.4, 0.5) is 0 Å². The van der Waals surface area contributed by atoms with E-state index >= 15 is 0 Å². The number of amides is 2. The van der Waals surface area contributed by atoms with Crippen LogP contribution in [0.3, 0.4) is 0 Å². The molecule has 0 saturated heterocycles. The lowest BCUT2D eigenvalue weighted by Gasteiger charge is -2.28. The Morgan fingerprint density at radius 1 is 1.41 bits per heavy atom. The Morgan fingerprint density at radius 2 is 2.18 bits per heavy atom. The number of carbonyl (C=O) groups excluding carboxylic acids is 2. The van der Waals surface area contributed by atoms with Gasteiger partial charge in [-0.2, -0.15) is 0 Å². The van der Waals surface area contributed by atoms with E-state index in [1.165, 1.54) is 6.08 Å². The third-order valence-corrected chi connectivity index (χ3v) is 3.02. The molecular weight excluding hydrogens is 216 g/mol. The predicted molar refractivity (Wildman–Crippen MR) is 64.3 cm³/mol. The minimum atomic E-state index is -0.412. The lowest BCUT2D eigenvalue weighted by Crippen LogP contribution is -2.35. The monoisotopic (exact) mass is 230 g/mol. The molecule has 0 saturated carbocycles. The Morgan fingerprint density at radius 3 is 2.82 bits per heavy atom. The number of hydrogen-bond acceptors (Lipinski definition) is 2. The molecule has 1 aromatic carbocycles. The van der Waals surface area contributed by atoms with Crippen molar-refractivity contribution in [3.8, 4) is 0 Å². The zero-order chi connectivity index (χ0) is 12.4. The normalized spacial score (nSPS) is 14.0. The van der Waals surface area contributed by atoms with Gasteiger partial charge in [0.05, 0.1) is 0 Å². The highest BCUT2D eigenvalue weighted by molar-refractivity contribution is 5.95. The smallest absolute Gasteiger partial charge is 0.248 e. The maximum atomic E-state index is 11.5. The van der Waals surface area contributed by atoms with Gasteiger partial charge in [0.25, 0.3) is 0 Å². The highest BCUT2D eigenvalue weighted by Gasteiger charge is 2.22. The molecule has 88 valence electrons. The van der Waals surface area contributed by atoms with Crippen molar-refractivity contribution in [3.63, 3.8) is 0 Å². The number of fused-ring (bicyclic) bond motifs is 1. The van der Waals surface area contributed by atoms with Gasteiger partial charge in [-0.05, 0) is 29.7 Å². The van der Waals surface area contributed by atoms with Crippen molar-refractivity contribution >= 4 is 11.8 Å². The van der Waals surface area contributed by atoms with Gasteiger partial charge < -0.3 is 10.6 Å². The molecule has 1 aromatic rings. The summed E-state index contributed by atoms with van der Waals surface area (Å²) in [5, 5.41) is 0. The summed E-state index contributed by atoms with van der Waals surface area (Å²) >= 11 is 0. The molecule has 4 nitrogen and oxygen atoms in total. The molecule has 0 atom stereocenters. The summed E-state index contributed by atoms with van der Waals surface area (Å²) in [6.45, 7) is 4.59. The fourth-order valence-corrected chi connectivity index (χ4v) is 2.16. The first-order valence-corrected chi connectivity index (χ1v) is 5.45. The summed E-state index contributed by atoms with van der Waals surface area (Å²) < 4.78 is 0. The highest BCUT2D eigenvalue weighted by atomic mass is 16.2. The Hall–Kier alpha value is -2.10. The van der Waals surface area contributed by atoms with Crippen molar-refractivity contribution in [2.75, 3.05) is 6.54 Å². The largest absolute Gasteiger partial charge is 0.366 e. The van der Waals surface area contributed by atoms with Gasteiger partial charge in [0, 0.05) is 18.7 Å². The van der Waals surface area contributed by atoms with Crippen LogP contribution in [0.2, 0.25) is 0 Å². The fourth-order valence-electron chi connectivity index (χ4n) is 2.16. The fraction of sp³-hybridized carbons (Fsp3) is 0.231. The summed E-state index contributed by atoms with van der Waals surface area (Å²) in [5.74, 6) is -0.495. The standard InChI is InChI=1S/C13H14N2O2/c1-2-12(16)15-7-6-10-9(8-15)4-3-5-11(10)13(14)17/h2-5H,1,6-8H2,(H2,14,17). The summed E-state index contributed by atoms with van der Waals surface area (Å²) in [6, 6.07) is 5.44. The summed E-state index contributed by atoms with van der Waals surface area (Å²) in [6.07, 6.45) is 1.97. The molecule has 1 heterocycles. The molecule has 0 aliphatic carbocycles. The second-order valence-corrected chi connectivity index (χ2v) is 4.02. The molecular formula is C13H14N2O2. The van der Waals surface area contributed by atoms with E-state index in [9.17, 15) is 9.59 Å². The lowest BCUT2D eigenvalue weighted by molar-refractivity contribution is -0.126. The molecule has 1 aliphatic heterocycles. The lowest BCUT2D eigenvalue weighted by atomic mass is 9.94. The molecule has 0 fully saturated rings. The molecule has 2 amide bonds. The summed E-state index contributed by atoms with van der Waals surface area (Å²) in [4.78, 5) is 24.5. The van der Waals surface area contributed by atoms with E-state index in [0.29, 0.717) is 25.1 Å². The van der Waals surface area contributed by atoms with Crippen LogP contribution in [0.5, 0.6) is 0 Å². The summed E-state index contributed by atoms with van der Waals surface area (Å²) in [7, 11) is 0. The summed E-state index contributed by atoms with van der Waals surface area (Å²) in [5.41, 5.74) is 7.84. The number of benzene rings is 1. The second-order valence-electron chi connectivity index (χ2n) is 4.02. The maximum absolute atomic E-state index is 11.5. The number of nitrogens with zero attached hydrogens (tertiary/aromatic N) is 1. The van der Waals surface area contributed by atoms with Crippen LogP contribution in [0.15, 0.2) is 30.9 Å². The molecule has 0 aromatic heterocycles. The van der Waals surface area contributed by atoms with Crippen LogP contribution in [0.25, 0.3) is 0 Å². The molecule has 17 heavy (non-hydrogen) atoms. The third-order valence-electron chi connectivity index (χ3n) is 3.02. The molecule has 2 rings (SSSR count). The van der Waals surface area contributed by atoms with Gasteiger partial charge in [0.2, 0.25) is 11.8 Å². The predicted octanol–water partition coefficient (Wildman–Crippen LogP) is 0.856. The van der Waals surface area contributed by atoms with Crippen LogP contribution in [0, 0.1) is 0 Å². The van der Waals surface area contributed by atoms with Crippen molar-refractivity contribution in [3.05, 3.63) is 47.5 Å². The molecule has 4 heteroatoms. The number of nitrogens with two attached hydrogens (primary N) is 1. The van der Waals surface area contributed by atoms with Crippen LogP contribution in [-0.4, -0.2) is 23.3 Å². The average molecular weight is 230 g/mol. The Balaban J connectivity index is 2.34. The topological polar surface area (TPSA) is 63.4 Å². The molecule has 0 radical (unpaired) electrons. The van der Waals surface area contributed by atoms with Gasteiger partial charge in [0.1, 0.15) is 0 Å². The van der Waals surface area contributed by atoms with E-state index < -0.39 is 5.91 Å². The molecule has 2 N–H and O–H groups in total. The van der Waals surface area contributed by atoms with Crippen LogP contribution in [0.1, 0.15) is 21.5 Å². The molecule has 1 aliphatic rings. The van der Waals surface area contributed by atoms with E-state index in [-0.39, 0.29) is 5.91 Å².